The summed E-state index contributed by atoms with van der Waals surface area (Å²) in [5.41, 5.74) is 3.11. The van der Waals surface area contributed by atoms with Gasteiger partial charge in [-0.05, 0) is 43.9 Å². The van der Waals surface area contributed by atoms with E-state index in [4.69, 9.17) is 0 Å². The predicted molar refractivity (Wildman–Crippen MR) is 83.6 cm³/mol. The number of hydrogen-bond acceptors (Lipinski definition) is 2. The summed E-state index contributed by atoms with van der Waals surface area (Å²) in [5, 5.41) is 20.3. The van der Waals surface area contributed by atoms with Gasteiger partial charge in [-0.2, -0.15) is 0 Å². The topological polar surface area (TPSA) is 40.5 Å². The highest BCUT2D eigenvalue weighted by atomic mass is 16.3. The quantitative estimate of drug-likeness (QED) is 0.670. The first-order chi connectivity index (χ1) is 9.95. The molecule has 0 amide bonds. The van der Waals surface area contributed by atoms with Crippen molar-refractivity contribution in [3.8, 4) is 0 Å². The molecule has 0 unspecified atom stereocenters. The average molecular weight is 286 g/mol. The summed E-state index contributed by atoms with van der Waals surface area (Å²) in [6, 6.07) is 0. The lowest BCUT2D eigenvalue weighted by molar-refractivity contribution is 0.0127. The first-order valence-electron chi connectivity index (χ1n) is 8.42. The van der Waals surface area contributed by atoms with Crippen molar-refractivity contribution >= 4 is 0 Å². The van der Waals surface area contributed by atoms with Gasteiger partial charge in [0.15, 0.2) is 0 Å². The van der Waals surface area contributed by atoms with Crippen LogP contribution in [-0.2, 0) is 0 Å². The van der Waals surface area contributed by atoms with Crippen LogP contribution in [0.1, 0.15) is 46.0 Å². The predicted octanol–water partition coefficient (Wildman–Crippen LogP) is 3.37. The van der Waals surface area contributed by atoms with Crippen LogP contribution in [0.3, 0.4) is 0 Å². The van der Waals surface area contributed by atoms with Crippen molar-refractivity contribution in [2.75, 3.05) is 0 Å². The Bertz CT molecular complexity index is 558. The molecule has 2 saturated carbocycles. The first kappa shape index (κ1) is 13.8. The SMILES string of the molecule is C[C@]12CC[C@H]3C(=CC=C4C[C@@H](O)C=C[C@@]43C)[C@@H]1CC[C@@H]2O. The minimum Gasteiger partial charge on any atom is -0.393 e. The fourth-order valence-corrected chi connectivity index (χ4v) is 5.56. The van der Waals surface area contributed by atoms with Crippen LogP contribution in [0.15, 0.2) is 35.5 Å². The van der Waals surface area contributed by atoms with Gasteiger partial charge in [0.05, 0.1) is 12.2 Å². The van der Waals surface area contributed by atoms with Gasteiger partial charge in [0, 0.05) is 10.8 Å². The Kier molecular flexibility index (Phi) is 2.84. The van der Waals surface area contributed by atoms with Gasteiger partial charge in [0.2, 0.25) is 0 Å². The van der Waals surface area contributed by atoms with E-state index in [1.165, 1.54) is 5.57 Å². The molecule has 0 saturated heterocycles. The van der Waals surface area contributed by atoms with Crippen LogP contribution in [0.5, 0.6) is 0 Å². The molecule has 114 valence electrons. The maximum Gasteiger partial charge on any atom is 0.0758 e. The van der Waals surface area contributed by atoms with Crippen molar-refractivity contribution in [3.05, 3.63) is 35.5 Å². The molecule has 0 spiro atoms. The molecule has 0 aromatic heterocycles. The third kappa shape index (κ3) is 1.72. The summed E-state index contributed by atoms with van der Waals surface area (Å²) >= 11 is 0. The summed E-state index contributed by atoms with van der Waals surface area (Å²) < 4.78 is 0. The fraction of sp³-hybridized carbons (Fsp3) is 0.684. The van der Waals surface area contributed by atoms with Crippen LogP contribution in [0.2, 0.25) is 0 Å². The highest BCUT2D eigenvalue weighted by Gasteiger charge is 2.55. The second kappa shape index (κ2) is 4.33. The van der Waals surface area contributed by atoms with Crippen molar-refractivity contribution in [1.29, 1.82) is 0 Å². The molecule has 0 aromatic carbocycles. The summed E-state index contributed by atoms with van der Waals surface area (Å²) in [6.07, 6.45) is 13.5. The van der Waals surface area contributed by atoms with Gasteiger partial charge in [-0.3, -0.25) is 0 Å². The molecule has 0 radical (unpaired) electrons. The molecule has 0 aromatic rings. The minimum absolute atomic E-state index is 0.0815. The van der Waals surface area contributed by atoms with E-state index in [0.717, 1.165) is 32.1 Å². The van der Waals surface area contributed by atoms with Gasteiger partial charge in [0.1, 0.15) is 0 Å². The number of hydrogen-bond donors (Lipinski definition) is 2. The summed E-state index contributed by atoms with van der Waals surface area (Å²) in [5.74, 6) is 1.10. The minimum atomic E-state index is -0.318. The van der Waals surface area contributed by atoms with Gasteiger partial charge >= 0.3 is 0 Å². The van der Waals surface area contributed by atoms with Crippen LogP contribution >= 0.6 is 0 Å². The molecular weight excluding hydrogens is 260 g/mol. The molecule has 4 rings (SSSR count). The second-order valence-electron chi connectivity index (χ2n) is 8.01. The van der Waals surface area contributed by atoms with E-state index < -0.39 is 0 Å². The van der Waals surface area contributed by atoms with Crippen molar-refractivity contribution in [1.82, 2.24) is 0 Å². The Morgan fingerprint density at radius 2 is 1.86 bits per heavy atom. The normalized spacial score (nSPS) is 51.6. The highest BCUT2D eigenvalue weighted by molar-refractivity contribution is 5.42. The molecule has 2 N–H and O–H groups in total. The molecule has 0 bridgehead atoms. The van der Waals surface area contributed by atoms with E-state index in [1.54, 1.807) is 5.57 Å². The molecular formula is C19H26O2. The van der Waals surface area contributed by atoms with E-state index >= 15 is 0 Å². The molecule has 0 heterocycles. The van der Waals surface area contributed by atoms with Crippen molar-refractivity contribution in [2.45, 2.75) is 58.2 Å². The number of rotatable bonds is 0. The smallest absolute Gasteiger partial charge is 0.0758 e. The molecule has 4 aliphatic rings. The number of aliphatic hydroxyl groups excluding tert-OH is 2. The number of fused-ring (bicyclic) bond motifs is 5. The van der Waals surface area contributed by atoms with Gasteiger partial charge < -0.3 is 10.2 Å². The molecule has 2 heteroatoms. The lowest BCUT2D eigenvalue weighted by atomic mass is 9.52. The molecule has 21 heavy (non-hydrogen) atoms. The molecule has 2 fully saturated rings. The van der Waals surface area contributed by atoms with Crippen LogP contribution in [-0.4, -0.2) is 22.4 Å². The van der Waals surface area contributed by atoms with E-state index in [9.17, 15) is 10.2 Å². The fourth-order valence-electron chi connectivity index (χ4n) is 5.56. The maximum atomic E-state index is 10.4. The van der Waals surface area contributed by atoms with Crippen LogP contribution in [0.25, 0.3) is 0 Å². The van der Waals surface area contributed by atoms with Crippen molar-refractivity contribution in [3.63, 3.8) is 0 Å². The van der Waals surface area contributed by atoms with Gasteiger partial charge in [-0.15, -0.1) is 0 Å². The number of aliphatic hydroxyl groups is 2. The number of allylic oxidation sites excluding steroid dienone is 4. The molecule has 2 nitrogen and oxygen atoms in total. The third-order valence-corrected chi connectivity index (χ3v) is 7.05. The van der Waals surface area contributed by atoms with Gasteiger partial charge in [-0.1, -0.05) is 49.3 Å². The monoisotopic (exact) mass is 286 g/mol. The third-order valence-electron chi connectivity index (χ3n) is 7.05. The van der Waals surface area contributed by atoms with Crippen LogP contribution in [0.4, 0.5) is 0 Å². The van der Waals surface area contributed by atoms with Crippen molar-refractivity contribution in [2.24, 2.45) is 22.7 Å². The molecule has 0 aliphatic heterocycles. The zero-order chi connectivity index (χ0) is 14.8. The zero-order valence-corrected chi connectivity index (χ0v) is 13.0. The van der Waals surface area contributed by atoms with Gasteiger partial charge in [0.25, 0.3) is 0 Å². The maximum absolute atomic E-state index is 10.4. The van der Waals surface area contributed by atoms with Crippen LogP contribution < -0.4 is 0 Å². The Morgan fingerprint density at radius 1 is 1.05 bits per heavy atom. The molecule has 6 atom stereocenters. The lowest BCUT2D eigenvalue weighted by Gasteiger charge is -2.52. The van der Waals surface area contributed by atoms with Gasteiger partial charge in [-0.25, -0.2) is 0 Å². The zero-order valence-electron chi connectivity index (χ0n) is 13.0. The van der Waals surface area contributed by atoms with E-state index in [2.05, 4.69) is 32.1 Å². The first-order valence-corrected chi connectivity index (χ1v) is 8.42. The summed E-state index contributed by atoms with van der Waals surface area (Å²) in [7, 11) is 0. The Balaban J connectivity index is 1.77. The Labute approximate surface area is 127 Å². The Hall–Kier alpha value is -0.860. The van der Waals surface area contributed by atoms with E-state index in [1.807, 2.05) is 6.08 Å². The molecule has 4 aliphatic carbocycles. The standard InChI is InChI=1S/C19H26O2/c1-18-9-7-13(20)11-12(18)3-4-14-15-5-6-17(21)19(15,2)10-8-16(14)18/h3-4,7,9,13,15-17,20-21H,5-6,8,10-11H2,1-2H3/t13-,15-,16-,17-,18-,19-/m0/s1. The van der Waals surface area contributed by atoms with E-state index in [0.29, 0.717) is 11.8 Å². The van der Waals surface area contributed by atoms with Crippen molar-refractivity contribution < 1.29 is 10.2 Å². The average Bonchev–Trinajstić information content (AvgIpc) is 2.76. The van der Waals surface area contributed by atoms with E-state index in [-0.39, 0.29) is 23.0 Å². The highest BCUT2D eigenvalue weighted by Crippen LogP contribution is 2.62. The lowest BCUT2D eigenvalue weighted by Crippen LogP contribution is -2.45. The Morgan fingerprint density at radius 3 is 2.67 bits per heavy atom. The second-order valence-corrected chi connectivity index (χ2v) is 8.01. The largest absolute Gasteiger partial charge is 0.393 e. The summed E-state index contributed by atoms with van der Waals surface area (Å²) in [6.45, 7) is 4.63. The van der Waals surface area contributed by atoms with Crippen LogP contribution in [0, 0.1) is 22.7 Å². The summed E-state index contributed by atoms with van der Waals surface area (Å²) in [4.78, 5) is 0.